The van der Waals surface area contributed by atoms with Crippen LogP contribution in [0.15, 0.2) is 48.7 Å². The number of esters is 1. The second-order valence-electron chi connectivity index (χ2n) is 5.15. The molecule has 0 radical (unpaired) electrons. The smallest absolute Gasteiger partial charge is 0.329 e. The molecule has 0 saturated carbocycles. The van der Waals surface area contributed by atoms with E-state index in [4.69, 9.17) is 10.1 Å². The summed E-state index contributed by atoms with van der Waals surface area (Å²) < 4.78 is 4.84. The van der Waals surface area contributed by atoms with Crippen molar-refractivity contribution in [3.63, 3.8) is 0 Å². The largest absolute Gasteiger partial charge is 0.467 e. The van der Waals surface area contributed by atoms with Crippen LogP contribution in [-0.2, 0) is 16.0 Å². The number of nitrogens with one attached hydrogen (secondary N) is 1. The quantitative estimate of drug-likeness (QED) is 0.870. The van der Waals surface area contributed by atoms with Crippen LogP contribution in [0.4, 0.5) is 0 Å². The zero-order valence-corrected chi connectivity index (χ0v) is 12.5. The number of hydrogen-bond donors (Lipinski definition) is 1. The fourth-order valence-electron chi connectivity index (χ4n) is 2.66. The standard InChI is InChI=1S/C17H15N3O3/c1-23-17(22)13(10-11-6-3-2-4-7-11)20-15(18)14-12(16(20)21)8-5-9-19-14/h2-9,13,18H,10H2,1H3/t13-/m0/s1. The summed E-state index contributed by atoms with van der Waals surface area (Å²) in [7, 11) is 1.27. The predicted molar refractivity (Wildman–Crippen MR) is 83.2 cm³/mol. The molecule has 6 heteroatoms. The van der Waals surface area contributed by atoms with Crippen LogP contribution in [-0.4, -0.2) is 40.7 Å². The van der Waals surface area contributed by atoms with Crippen LogP contribution >= 0.6 is 0 Å². The molecule has 3 rings (SSSR count). The summed E-state index contributed by atoms with van der Waals surface area (Å²) in [4.78, 5) is 30.0. The van der Waals surface area contributed by atoms with E-state index in [1.807, 2.05) is 30.3 Å². The van der Waals surface area contributed by atoms with Gasteiger partial charge < -0.3 is 4.74 Å². The Labute approximate surface area is 133 Å². The number of aromatic nitrogens is 1. The number of carbonyl (C=O) groups is 2. The molecule has 0 saturated heterocycles. The summed E-state index contributed by atoms with van der Waals surface area (Å²) in [5, 5.41) is 8.22. The minimum absolute atomic E-state index is 0.0723. The second kappa shape index (κ2) is 6.00. The summed E-state index contributed by atoms with van der Waals surface area (Å²) >= 11 is 0. The van der Waals surface area contributed by atoms with Gasteiger partial charge in [-0.1, -0.05) is 30.3 Å². The van der Waals surface area contributed by atoms with Crippen LogP contribution < -0.4 is 0 Å². The molecule has 116 valence electrons. The number of fused-ring (bicyclic) bond motifs is 1. The van der Waals surface area contributed by atoms with Crippen molar-refractivity contribution in [3.8, 4) is 0 Å². The average molecular weight is 309 g/mol. The Morgan fingerprint density at radius 2 is 2.00 bits per heavy atom. The van der Waals surface area contributed by atoms with Crippen molar-refractivity contribution in [2.24, 2.45) is 0 Å². The number of ether oxygens (including phenoxy) is 1. The molecule has 2 heterocycles. The summed E-state index contributed by atoms with van der Waals surface area (Å²) in [6.45, 7) is 0. The highest BCUT2D eigenvalue weighted by molar-refractivity contribution is 6.22. The molecule has 0 bridgehead atoms. The van der Waals surface area contributed by atoms with Gasteiger partial charge in [-0.05, 0) is 17.7 Å². The summed E-state index contributed by atoms with van der Waals surface area (Å²) in [6, 6.07) is 11.7. The number of pyridine rings is 1. The number of nitrogens with zero attached hydrogens (tertiary/aromatic N) is 2. The van der Waals surface area contributed by atoms with Gasteiger partial charge in [0.05, 0.1) is 12.7 Å². The van der Waals surface area contributed by atoms with E-state index in [0.29, 0.717) is 11.3 Å². The van der Waals surface area contributed by atoms with Crippen LogP contribution in [0.5, 0.6) is 0 Å². The van der Waals surface area contributed by atoms with E-state index in [2.05, 4.69) is 4.98 Å². The zero-order chi connectivity index (χ0) is 16.4. The third-order valence-corrected chi connectivity index (χ3v) is 3.78. The minimum atomic E-state index is -0.892. The van der Waals surface area contributed by atoms with Crippen LogP contribution in [0, 0.1) is 5.41 Å². The van der Waals surface area contributed by atoms with Gasteiger partial charge in [0.25, 0.3) is 5.91 Å². The third-order valence-electron chi connectivity index (χ3n) is 3.78. The van der Waals surface area contributed by atoms with Crippen molar-refractivity contribution >= 4 is 17.7 Å². The first kappa shape index (κ1) is 14.9. The Hall–Kier alpha value is -3.02. The highest BCUT2D eigenvalue weighted by Gasteiger charge is 2.41. The first-order valence-electron chi connectivity index (χ1n) is 7.12. The molecule has 2 aromatic rings. The zero-order valence-electron chi connectivity index (χ0n) is 12.5. The van der Waals surface area contributed by atoms with Gasteiger partial charge in [-0.3, -0.25) is 20.1 Å². The average Bonchev–Trinajstić information content (AvgIpc) is 2.85. The summed E-state index contributed by atoms with van der Waals surface area (Å²) in [5.74, 6) is -1.03. The lowest BCUT2D eigenvalue weighted by atomic mass is 10.0. The van der Waals surface area contributed by atoms with Crippen molar-refractivity contribution in [1.29, 1.82) is 5.41 Å². The van der Waals surface area contributed by atoms with Gasteiger partial charge >= 0.3 is 5.97 Å². The lowest BCUT2D eigenvalue weighted by molar-refractivity contribution is -0.144. The number of methoxy groups -OCH3 is 1. The van der Waals surface area contributed by atoms with Crippen LogP contribution in [0.2, 0.25) is 0 Å². The van der Waals surface area contributed by atoms with Crippen LogP contribution in [0.25, 0.3) is 0 Å². The number of carbonyl (C=O) groups excluding carboxylic acids is 2. The monoisotopic (exact) mass is 309 g/mol. The number of hydrogen-bond acceptors (Lipinski definition) is 5. The molecule has 6 nitrogen and oxygen atoms in total. The molecule has 0 unspecified atom stereocenters. The molecule has 1 aliphatic heterocycles. The molecule has 1 atom stereocenters. The number of rotatable bonds is 4. The molecule has 0 aliphatic carbocycles. The van der Waals surface area contributed by atoms with E-state index in [9.17, 15) is 9.59 Å². The van der Waals surface area contributed by atoms with E-state index in [0.717, 1.165) is 10.5 Å². The lowest BCUT2D eigenvalue weighted by Gasteiger charge is -2.25. The fourth-order valence-corrected chi connectivity index (χ4v) is 2.66. The fraction of sp³-hybridized carbons (Fsp3) is 0.176. The van der Waals surface area contributed by atoms with Crippen molar-refractivity contribution in [3.05, 3.63) is 65.5 Å². The molecule has 1 amide bonds. The molecule has 23 heavy (non-hydrogen) atoms. The maximum Gasteiger partial charge on any atom is 0.329 e. The third kappa shape index (κ3) is 2.59. The van der Waals surface area contributed by atoms with Gasteiger partial charge in [-0.25, -0.2) is 4.79 Å². The van der Waals surface area contributed by atoms with Gasteiger partial charge in [0.1, 0.15) is 11.7 Å². The molecule has 1 aliphatic rings. The maximum atomic E-state index is 12.6. The van der Waals surface area contributed by atoms with Gasteiger partial charge in [-0.2, -0.15) is 0 Å². The molecular weight excluding hydrogens is 294 g/mol. The number of benzene rings is 1. The molecule has 1 N–H and O–H groups in total. The Bertz CT molecular complexity index is 739. The number of amidine groups is 1. The van der Waals surface area contributed by atoms with Crippen molar-refractivity contribution in [1.82, 2.24) is 9.88 Å². The summed E-state index contributed by atoms with van der Waals surface area (Å²) in [6.07, 6.45) is 1.80. The Kier molecular flexibility index (Phi) is 3.89. The van der Waals surface area contributed by atoms with E-state index in [1.165, 1.54) is 13.3 Å². The van der Waals surface area contributed by atoms with Gasteiger partial charge in [-0.15, -0.1) is 0 Å². The Morgan fingerprint density at radius 1 is 1.26 bits per heavy atom. The van der Waals surface area contributed by atoms with Crippen molar-refractivity contribution < 1.29 is 14.3 Å². The molecule has 1 aromatic carbocycles. The van der Waals surface area contributed by atoms with Gasteiger partial charge in [0.2, 0.25) is 0 Å². The van der Waals surface area contributed by atoms with Crippen molar-refractivity contribution in [2.45, 2.75) is 12.5 Å². The topological polar surface area (TPSA) is 83.3 Å². The van der Waals surface area contributed by atoms with Gasteiger partial charge in [0, 0.05) is 12.6 Å². The first-order chi connectivity index (χ1) is 11.1. The second-order valence-corrected chi connectivity index (χ2v) is 5.15. The first-order valence-corrected chi connectivity index (χ1v) is 7.12. The summed E-state index contributed by atoms with van der Waals surface area (Å²) in [5.41, 5.74) is 1.51. The minimum Gasteiger partial charge on any atom is -0.467 e. The predicted octanol–water partition coefficient (Wildman–Crippen LogP) is 1.65. The highest BCUT2D eigenvalue weighted by Crippen LogP contribution is 2.24. The van der Waals surface area contributed by atoms with E-state index >= 15 is 0 Å². The van der Waals surface area contributed by atoms with Crippen LogP contribution in [0.3, 0.4) is 0 Å². The molecular formula is C17H15N3O3. The van der Waals surface area contributed by atoms with E-state index < -0.39 is 17.9 Å². The highest BCUT2D eigenvalue weighted by atomic mass is 16.5. The Balaban J connectivity index is 1.97. The Morgan fingerprint density at radius 3 is 2.65 bits per heavy atom. The molecule has 1 aromatic heterocycles. The maximum absolute atomic E-state index is 12.6. The number of amides is 1. The SMILES string of the molecule is COC(=O)[C@H](Cc1ccccc1)N1C(=N)c2ncccc2C1=O. The van der Waals surface area contributed by atoms with Gasteiger partial charge in [0.15, 0.2) is 5.84 Å². The molecule has 0 spiro atoms. The lowest BCUT2D eigenvalue weighted by Crippen LogP contribution is -2.46. The van der Waals surface area contributed by atoms with Crippen molar-refractivity contribution in [2.75, 3.05) is 7.11 Å². The van der Waals surface area contributed by atoms with Crippen LogP contribution in [0.1, 0.15) is 21.6 Å². The normalized spacial score (nSPS) is 14.6. The van der Waals surface area contributed by atoms with E-state index in [1.54, 1.807) is 12.1 Å². The molecule has 0 fully saturated rings. The van der Waals surface area contributed by atoms with E-state index in [-0.39, 0.29) is 12.3 Å².